The zero-order chi connectivity index (χ0) is 18.9. The lowest BCUT2D eigenvalue weighted by Gasteiger charge is -2.23. The van der Waals surface area contributed by atoms with E-state index < -0.39 is 5.41 Å². The number of benzene rings is 1. The molecule has 0 aliphatic carbocycles. The normalized spacial score (nSPS) is 11.2. The fourth-order valence-electron chi connectivity index (χ4n) is 2.25. The molecule has 0 heterocycles. The molecule has 2 amide bonds. The molecule has 1 aromatic carbocycles. The zero-order valence-electron chi connectivity index (χ0n) is 16.1. The summed E-state index contributed by atoms with van der Waals surface area (Å²) >= 11 is 0. The third kappa shape index (κ3) is 7.23. The Bertz CT molecular complexity index is 559. The number of likely N-dealkylation sites (N-methyl/N-ethyl adjacent to an activating group) is 2. The molecule has 0 aliphatic heterocycles. The largest absolute Gasteiger partial charge is 0.352 e. The Morgan fingerprint density at radius 3 is 2.16 bits per heavy atom. The van der Waals surface area contributed by atoms with E-state index in [2.05, 4.69) is 16.0 Å². The Morgan fingerprint density at radius 1 is 1.04 bits per heavy atom. The van der Waals surface area contributed by atoms with Crippen molar-refractivity contribution in [1.82, 2.24) is 20.9 Å². The van der Waals surface area contributed by atoms with Crippen molar-refractivity contribution < 1.29 is 9.59 Å². The molecule has 0 bridgehead atoms. The average Bonchev–Trinajstić information content (AvgIpc) is 2.58. The quantitative estimate of drug-likeness (QED) is 0.628. The summed E-state index contributed by atoms with van der Waals surface area (Å²) in [5, 5.41) is 9.07. The summed E-state index contributed by atoms with van der Waals surface area (Å²) in [6.45, 7) is 8.86. The van der Waals surface area contributed by atoms with E-state index in [1.54, 1.807) is 0 Å². The van der Waals surface area contributed by atoms with Crippen molar-refractivity contribution in [2.75, 3.05) is 40.3 Å². The minimum Gasteiger partial charge on any atom is -0.352 e. The third-order valence-corrected chi connectivity index (χ3v) is 3.86. The highest BCUT2D eigenvalue weighted by atomic mass is 16.2. The summed E-state index contributed by atoms with van der Waals surface area (Å²) < 4.78 is 0. The number of amides is 2. The van der Waals surface area contributed by atoms with E-state index in [1.165, 1.54) is 0 Å². The van der Waals surface area contributed by atoms with Gasteiger partial charge in [-0.3, -0.25) is 9.59 Å². The molecule has 6 heteroatoms. The molecule has 0 aromatic heterocycles. The maximum absolute atomic E-state index is 12.8. The van der Waals surface area contributed by atoms with Crippen molar-refractivity contribution in [3.63, 3.8) is 0 Å². The number of carbonyl (C=O) groups is 2. The van der Waals surface area contributed by atoms with E-state index in [9.17, 15) is 9.59 Å². The van der Waals surface area contributed by atoms with Gasteiger partial charge >= 0.3 is 0 Å². The summed E-state index contributed by atoms with van der Waals surface area (Å²) in [4.78, 5) is 26.6. The van der Waals surface area contributed by atoms with E-state index in [0.29, 0.717) is 25.2 Å². The second kappa shape index (κ2) is 10.2. The van der Waals surface area contributed by atoms with Crippen LogP contribution in [0.3, 0.4) is 0 Å². The average molecular weight is 348 g/mol. The molecular formula is C19H32N4O2. The van der Waals surface area contributed by atoms with Gasteiger partial charge in [-0.05, 0) is 31.8 Å². The van der Waals surface area contributed by atoms with Gasteiger partial charge in [-0.25, -0.2) is 0 Å². The lowest BCUT2D eigenvalue weighted by molar-refractivity contribution is -0.128. The number of rotatable bonds is 9. The topological polar surface area (TPSA) is 73.5 Å². The van der Waals surface area contributed by atoms with E-state index in [1.807, 2.05) is 64.0 Å². The summed E-state index contributed by atoms with van der Waals surface area (Å²) in [6, 6.07) is 7.46. The van der Waals surface area contributed by atoms with Crippen LogP contribution < -0.4 is 16.0 Å². The van der Waals surface area contributed by atoms with Gasteiger partial charge < -0.3 is 20.9 Å². The van der Waals surface area contributed by atoms with Gasteiger partial charge in [-0.15, -0.1) is 0 Å². The summed E-state index contributed by atoms with van der Waals surface area (Å²) in [5.41, 5.74) is 1.14. The molecule has 0 radical (unpaired) electrons. The Hall–Kier alpha value is -1.92. The molecule has 0 atom stereocenters. The SMILES string of the molecule is CNCCN(CCNC)C(=O)c1cccc(CNC(=O)C(C)(C)C)c1. The standard InChI is InChI=1S/C19H32N4O2/c1-19(2,3)18(25)22-14-15-7-6-8-16(13-15)17(24)23(11-9-20-4)12-10-21-5/h6-8,13,20-21H,9-12,14H2,1-5H3,(H,22,25). The first-order valence-electron chi connectivity index (χ1n) is 8.75. The highest BCUT2D eigenvalue weighted by Gasteiger charge is 2.21. The van der Waals surface area contributed by atoms with Crippen LogP contribution in [0.25, 0.3) is 0 Å². The van der Waals surface area contributed by atoms with Crippen LogP contribution in [0.15, 0.2) is 24.3 Å². The fourth-order valence-corrected chi connectivity index (χ4v) is 2.25. The highest BCUT2D eigenvalue weighted by Crippen LogP contribution is 2.14. The van der Waals surface area contributed by atoms with Crippen molar-refractivity contribution in [1.29, 1.82) is 0 Å². The molecule has 0 spiro atoms. The number of hydrogen-bond acceptors (Lipinski definition) is 4. The minimum absolute atomic E-state index is 0.00565. The Kier molecular flexibility index (Phi) is 8.58. The predicted molar refractivity (Wildman–Crippen MR) is 102 cm³/mol. The molecular weight excluding hydrogens is 316 g/mol. The zero-order valence-corrected chi connectivity index (χ0v) is 16.1. The Morgan fingerprint density at radius 2 is 1.64 bits per heavy atom. The predicted octanol–water partition coefficient (Wildman–Crippen LogP) is 1.23. The van der Waals surface area contributed by atoms with E-state index in [0.717, 1.165) is 18.7 Å². The summed E-state index contributed by atoms with van der Waals surface area (Å²) in [6.07, 6.45) is 0. The number of nitrogens with one attached hydrogen (secondary N) is 3. The lowest BCUT2D eigenvalue weighted by Crippen LogP contribution is -2.40. The van der Waals surface area contributed by atoms with Crippen molar-refractivity contribution in [3.05, 3.63) is 35.4 Å². The maximum atomic E-state index is 12.8. The van der Waals surface area contributed by atoms with Crippen LogP contribution in [0.4, 0.5) is 0 Å². The minimum atomic E-state index is -0.426. The molecule has 0 saturated heterocycles. The third-order valence-electron chi connectivity index (χ3n) is 3.86. The van der Waals surface area contributed by atoms with Crippen LogP contribution in [0.1, 0.15) is 36.7 Å². The van der Waals surface area contributed by atoms with Crippen molar-refractivity contribution in [3.8, 4) is 0 Å². The van der Waals surface area contributed by atoms with Gasteiger partial charge in [0.1, 0.15) is 0 Å². The first kappa shape index (κ1) is 21.1. The summed E-state index contributed by atoms with van der Waals surface area (Å²) in [7, 11) is 3.75. The van der Waals surface area contributed by atoms with Crippen LogP contribution in [-0.2, 0) is 11.3 Å². The number of hydrogen-bond donors (Lipinski definition) is 3. The number of carbonyl (C=O) groups excluding carboxylic acids is 2. The van der Waals surface area contributed by atoms with Crippen molar-refractivity contribution >= 4 is 11.8 Å². The van der Waals surface area contributed by atoms with E-state index >= 15 is 0 Å². The second-order valence-corrected chi connectivity index (χ2v) is 7.13. The Balaban J connectivity index is 2.79. The van der Waals surface area contributed by atoms with Gasteiger partial charge in [0.25, 0.3) is 5.91 Å². The molecule has 0 saturated carbocycles. The Labute approximate surface area is 151 Å². The van der Waals surface area contributed by atoms with Crippen LogP contribution >= 0.6 is 0 Å². The van der Waals surface area contributed by atoms with Gasteiger partial charge in [-0.1, -0.05) is 32.9 Å². The number of nitrogens with zero attached hydrogens (tertiary/aromatic N) is 1. The van der Waals surface area contributed by atoms with Gasteiger partial charge in [0.15, 0.2) is 0 Å². The first-order valence-corrected chi connectivity index (χ1v) is 8.75. The fraction of sp³-hybridized carbons (Fsp3) is 0.579. The van der Waals surface area contributed by atoms with E-state index in [4.69, 9.17) is 0 Å². The van der Waals surface area contributed by atoms with Gasteiger partial charge in [0, 0.05) is 43.7 Å². The molecule has 25 heavy (non-hydrogen) atoms. The molecule has 6 nitrogen and oxygen atoms in total. The van der Waals surface area contributed by atoms with Crippen molar-refractivity contribution in [2.45, 2.75) is 27.3 Å². The molecule has 0 aliphatic rings. The monoisotopic (exact) mass is 348 g/mol. The molecule has 3 N–H and O–H groups in total. The molecule has 0 fully saturated rings. The van der Waals surface area contributed by atoms with Gasteiger partial charge in [0.2, 0.25) is 5.91 Å². The van der Waals surface area contributed by atoms with Gasteiger partial charge in [-0.2, -0.15) is 0 Å². The molecule has 1 rings (SSSR count). The van der Waals surface area contributed by atoms with Crippen LogP contribution in [0, 0.1) is 5.41 Å². The smallest absolute Gasteiger partial charge is 0.253 e. The maximum Gasteiger partial charge on any atom is 0.253 e. The molecule has 140 valence electrons. The second-order valence-electron chi connectivity index (χ2n) is 7.13. The lowest BCUT2D eigenvalue weighted by atomic mass is 9.95. The van der Waals surface area contributed by atoms with Crippen LogP contribution in [0.5, 0.6) is 0 Å². The van der Waals surface area contributed by atoms with Gasteiger partial charge in [0.05, 0.1) is 0 Å². The molecule has 1 aromatic rings. The van der Waals surface area contributed by atoms with E-state index in [-0.39, 0.29) is 11.8 Å². The van der Waals surface area contributed by atoms with Crippen molar-refractivity contribution in [2.24, 2.45) is 5.41 Å². The summed E-state index contributed by atoms with van der Waals surface area (Å²) in [5.74, 6) is 0.00314. The van der Waals surface area contributed by atoms with Crippen LogP contribution in [0.2, 0.25) is 0 Å². The first-order chi connectivity index (χ1) is 11.8. The highest BCUT2D eigenvalue weighted by molar-refractivity contribution is 5.94. The molecule has 0 unspecified atom stereocenters. The van der Waals surface area contributed by atoms with Crippen LogP contribution in [-0.4, -0.2) is 57.0 Å².